The summed E-state index contributed by atoms with van der Waals surface area (Å²) >= 11 is 1.40. The Morgan fingerprint density at radius 1 is 1.38 bits per heavy atom. The van der Waals surface area contributed by atoms with Crippen LogP contribution in [0.15, 0.2) is 16.4 Å². The van der Waals surface area contributed by atoms with Gasteiger partial charge in [-0.05, 0) is 24.7 Å². The van der Waals surface area contributed by atoms with Gasteiger partial charge in [0.05, 0.1) is 5.69 Å². The Kier molecular flexibility index (Phi) is 3.28. The Bertz CT molecular complexity index is 711. The molecule has 0 bridgehead atoms. The summed E-state index contributed by atoms with van der Waals surface area (Å²) in [5.74, 6) is 1.34. The van der Waals surface area contributed by atoms with Gasteiger partial charge in [-0.25, -0.2) is 4.98 Å². The average Bonchev–Trinajstić information content (AvgIpc) is 3.06. The number of rotatable bonds is 2. The summed E-state index contributed by atoms with van der Waals surface area (Å²) in [4.78, 5) is 19.6. The molecule has 3 unspecified atom stereocenters. The number of nitrogens with two attached hydrogens (primary N) is 1. The number of aromatic nitrogens is 3. The molecule has 0 aromatic carbocycles. The van der Waals surface area contributed by atoms with Crippen LogP contribution < -0.4 is 11.3 Å². The number of hydrogen-bond acceptors (Lipinski definition) is 6. The third-order valence-corrected chi connectivity index (χ3v) is 5.53. The Morgan fingerprint density at radius 3 is 3.14 bits per heavy atom. The fraction of sp³-hybridized carbons (Fsp3) is 0.643. The fourth-order valence-corrected chi connectivity index (χ4v) is 4.49. The molecule has 6 nitrogen and oxygen atoms in total. The van der Waals surface area contributed by atoms with Gasteiger partial charge in [0, 0.05) is 31.7 Å². The van der Waals surface area contributed by atoms with Crippen LogP contribution >= 0.6 is 11.3 Å². The highest BCUT2D eigenvalue weighted by molar-refractivity contribution is 7.14. The van der Waals surface area contributed by atoms with Crippen LogP contribution in [0.2, 0.25) is 0 Å². The molecular formula is C14H19N5OS. The largest absolute Gasteiger partial charge is 0.327 e. The zero-order valence-corrected chi connectivity index (χ0v) is 12.6. The number of nitrogens with zero attached hydrogens (tertiary/aromatic N) is 4. The molecule has 0 radical (unpaired) electrons. The van der Waals surface area contributed by atoms with E-state index in [-0.39, 0.29) is 5.56 Å². The van der Waals surface area contributed by atoms with Gasteiger partial charge in [0.15, 0.2) is 0 Å². The molecule has 3 heterocycles. The van der Waals surface area contributed by atoms with E-state index in [0.29, 0.717) is 16.9 Å². The van der Waals surface area contributed by atoms with E-state index in [1.54, 1.807) is 11.6 Å². The summed E-state index contributed by atoms with van der Waals surface area (Å²) in [5, 5.41) is 3.99. The first-order valence-electron chi connectivity index (χ1n) is 7.51. The van der Waals surface area contributed by atoms with E-state index in [1.165, 1.54) is 28.7 Å². The molecule has 2 aliphatic rings. The monoisotopic (exact) mass is 305 g/mol. The van der Waals surface area contributed by atoms with Crippen molar-refractivity contribution in [1.29, 1.82) is 0 Å². The van der Waals surface area contributed by atoms with E-state index in [9.17, 15) is 4.79 Å². The quantitative estimate of drug-likeness (QED) is 0.884. The van der Waals surface area contributed by atoms with Gasteiger partial charge in [-0.2, -0.15) is 9.61 Å². The zero-order valence-electron chi connectivity index (χ0n) is 11.8. The molecule has 112 valence electrons. The topological polar surface area (TPSA) is 76.5 Å². The van der Waals surface area contributed by atoms with Gasteiger partial charge in [-0.15, -0.1) is 0 Å². The molecule has 4 rings (SSSR count). The molecule has 21 heavy (non-hydrogen) atoms. The summed E-state index contributed by atoms with van der Waals surface area (Å²) in [6, 6.07) is 1.95. The molecule has 2 fully saturated rings. The molecule has 1 saturated heterocycles. The van der Waals surface area contributed by atoms with Crippen LogP contribution in [0, 0.1) is 11.8 Å². The maximum atomic E-state index is 12.0. The van der Waals surface area contributed by atoms with E-state index in [2.05, 4.69) is 15.0 Å². The highest BCUT2D eigenvalue weighted by atomic mass is 32.1. The molecule has 0 amide bonds. The lowest BCUT2D eigenvalue weighted by molar-refractivity contribution is 0.259. The van der Waals surface area contributed by atoms with E-state index >= 15 is 0 Å². The van der Waals surface area contributed by atoms with Crippen LogP contribution in [0.1, 0.15) is 25.0 Å². The predicted octanol–water partition coefficient (Wildman–Crippen LogP) is 0.710. The van der Waals surface area contributed by atoms with Crippen molar-refractivity contribution in [2.45, 2.75) is 31.8 Å². The van der Waals surface area contributed by atoms with E-state index in [1.807, 2.05) is 0 Å². The van der Waals surface area contributed by atoms with Crippen LogP contribution in [0.5, 0.6) is 0 Å². The van der Waals surface area contributed by atoms with Crippen molar-refractivity contribution in [1.82, 2.24) is 19.5 Å². The van der Waals surface area contributed by atoms with Gasteiger partial charge >= 0.3 is 0 Å². The lowest BCUT2D eigenvalue weighted by atomic mass is 9.78. The van der Waals surface area contributed by atoms with Crippen LogP contribution in [0.4, 0.5) is 0 Å². The molecular weight excluding hydrogens is 286 g/mol. The Hall–Kier alpha value is -1.31. The third kappa shape index (κ3) is 2.39. The summed E-state index contributed by atoms with van der Waals surface area (Å²) in [6.07, 6.45) is 3.70. The molecule has 2 N–H and O–H groups in total. The van der Waals surface area contributed by atoms with Gasteiger partial charge in [-0.1, -0.05) is 17.8 Å². The molecule has 7 heteroatoms. The van der Waals surface area contributed by atoms with Gasteiger partial charge in [0.2, 0.25) is 4.96 Å². The van der Waals surface area contributed by atoms with Crippen LogP contribution in [-0.4, -0.2) is 38.6 Å². The van der Waals surface area contributed by atoms with Crippen molar-refractivity contribution < 1.29 is 0 Å². The molecule has 0 spiro atoms. The molecule has 1 aliphatic heterocycles. The van der Waals surface area contributed by atoms with Gasteiger partial charge < -0.3 is 5.73 Å². The van der Waals surface area contributed by atoms with Crippen LogP contribution in [0.3, 0.4) is 0 Å². The first kappa shape index (κ1) is 13.4. The minimum atomic E-state index is -0.0930. The summed E-state index contributed by atoms with van der Waals surface area (Å²) in [6.45, 7) is 2.86. The lowest BCUT2D eigenvalue weighted by Crippen LogP contribution is -2.38. The first-order valence-corrected chi connectivity index (χ1v) is 8.39. The standard InChI is InChI=1S/C14H19N5OS/c15-12-3-1-2-9-5-18(7-11(9)12)6-10-4-13(20)19-14(17-10)21-8-16-19/h4,8-9,11-12H,1-3,5-7,15H2. The zero-order chi connectivity index (χ0) is 14.4. The average molecular weight is 305 g/mol. The summed E-state index contributed by atoms with van der Waals surface area (Å²) < 4.78 is 1.35. The second kappa shape index (κ2) is 5.15. The molecule has 3 atom stereocenters. The van der Waals surface area contributed by atoms with E-state index in [4.69, 9.17) is 5.73 Å². The maximum Gasteiger partial charge on any atom is 0.275 e. The van der Waals surface area contributed by atoms with Gasteiger partial charge in [0.25, 0.3) is 5.56 Å². The normalized spacial score (nSPS) is 29.9. The second-order valence-electron chi connectivity index (χ2n) is 6.23. The third-order valence-electron chi connectivity index (χ3n) is 4.86. The lowest BCUT2D eigenvalue weighted by Gasteiger charge is -2.29. The highest BCUT2D eigenvalue weighted by Gasteiger charge is 2.38. The molecule has 1 saturated carbocycles. The van der Waals surface area contributed by atoms with Crippen molar-refractivity contribution in [2.24, 2.45) is 17.6 Å². The Balaban J connectivity index is 1.54. The number of likely N-dealkylation sites (tertiary alicyclic amines) is 1. The van der Waals surface area contributed by atoms with Crippen LogP contribution in [0.25, 0.3) is 4.96 Å². The van der Waals surface area contributed by atoms with Crippen molar-refractivity contribution in [3.8, 4) is 0 Å². The highest BCUT2D eigenvalue weighted by Crippen LogP contribution is 2.35. The van der Waals surface area contributed by atoms with Gasteiger partial charge in [-0.3, -0.25) is 9.69 Å². The minimum Gasteiger partial charge on any atom is -0.327 e. The van der Waals surface area contributed by atoms with Crippen molar-refractivity contribution >= 4 is 16.3 Å². The van der Waals surface area contributed by atoms with E-state index in [0.717, 1.165) is 37.7 Å². The maximum absolute atomic E-state index is 12.0. The molecule has 1 aliphatic carbocycles. The fourth-order valence-electron chi connectivity index (χ4n) is 3.85. The SMILES string of the molecule is NC1CCCC2CN(Cc3cc(=O)n4ncsc4n3)CC12. The number of fused-ring (bicyclic) bond motifs is 2. The molecule has 2 aromatic heterocycles. The molecule has 2 aromatic rings. The van der Waals surface area contributed by atoms with Crippen LogP contribution in [-0.2, 0) is 6.54 Å². The van der Waals surface area contributed by atoms with Crippen molar-refractivity contribution in [3.05, 3.63) is 27.6 Å². The van der Waals surface area contributed by atoms with Gasteiger partial charge in [0.1, 0.15) is 5.51 Å². The second-order valence-corrected chi connectivity index (χ2v) is 7.04. The van der Waals surface area contributed by atoms with Crippen molar-refractivity contribution in [3.63, 3.8) is 0 Å². The van der Waals surface area contributed by atoms with E-state index < -0.39 is 0 Å². The minimum absolute atomic E-state index is 0.0930. The summed E-state index contributed by atoms with van der Waals surface area (Å²) in [7, 11) is 0. The van der Waals surface area contributed by atoms with Crippen molar-refractivity contribution in [2.75, 3.05) is 13.1 Å². The smallest absolute Gasteiger partial charge is 0.275 e. The predicted molar refractivity (Wildman–Crippen MR) is 81.2 cm³/mol. The first-order chi connectivity index (χ1) is 10.2. The summed E-state index contributed by atoms with van der Waals surface area (Å²) in [5.41, 5.74) is 8.66. The Morgan fingerprint density at radius 2 is 2.29 bits per heavy atom. The Labute approximate surface area is 126 Å². The number of hydrogen-bond donors (Lipinski definition) is 1.